The van der Waals surface area contributed by atoms with Gasteiger partial charge >= 0.3 is 0 Å². The van der Waals surface area contributed by atoms with Gasteiger partial charge in [0.05, 0.1) is 6.10 Å². The quantitative estimate of drug-likeness (QED) is 0.730. The van der Waals surface area contributed by atoms with E-state index in [0.29, 0.717) is 6.10 Å². The lowest BCUT2D eigenvalue weighted by atomic mass is 9.90. The largest absolute Gasteiger partial charge is 0.377 e. The molecule has 0 saturated carbocycles. The molecule has 0 amide bonds. The zero-order valence-electron chi connectivity index (χ0n) is 10.5. The molecule has 3 nitrogen and oxygen atoms in total. The molecule has 1 aliphatic rings. The second-order valence-electron chi connectivity index (χ2n) is 4.65. The second kappa shape index (κ2) is 5.83. The summed E-state index contributed by atoms with van der Waals surface area (Å²) in [5.74, 6) is 0. The minimum atomic E-state index is 0.173. The first-order valence-corrected chi connectivity index (χ1v) is 6.21. The fraction of sp³-hybridized carbons (Fsp3) is 1.00. The molecule has 15 heavy (non-hydrogen) atoms. The number of hydrogen-bond donors (Lipinski definition) is 1. The smallest absolute Gasteiger partial charge is 0.0702 e. The van der Waals surface area contributed by atoms with E-state index < -0.39 is 0 Å². The SMILES string of the molecule is CCC(CC)(CN)N(C)CC1CCCO1. The van der Waals surface area contributed by atoms with Gasteiger partial charge in [-0.15, -0.1) is 0 Å². The van der Waals surface area contributed by atoms with E-state index in [9.17, 15) is 0 Å². The number of nitrogens with zero attached hydrogens (tertiary/aromatic N) is 1. The zero-order valence-corrected chi connectivity index (χ0v) is 10.5. The Hall–Kier alpha value is -0.120. The maximum absolute atomic E-state index is 5.92. The summed E-state index contributed by atoms with van der Waals surface area (Å²) in [4.78, 5) is 2.41. The van der Waals surface area contributed by atoms with Gasteiger partial charge in [0.15, 0.2) is 0 Å². The van der Waals surface area contributed by atoms with Gasteiger partial charge in [0.25, 0.3) is 0 Å². The molecule has 0 aromatic heterocycles. The Morgan fingerprint density at radius 2 is 2.07 bits per heavy atom. The van der Waals surface area contributed by atoms with Gasteiger partial charge in [-0.2, -0.15) is 0 Å². The van der Waals surface area contributed by atoms with Crippen LogP contribution in [0.2, 0.25) is 0 Å². The van der Waals surface area contributed by atoms with Gasteiger partial charge in [-0.3, -0.25) is 4.90 Å². The molecular weight excluding hydrogens is 188 g/mol. The number of rotatable bonds is 6. The fourth-order valence-corrected chi connectivity index (χ4v) is 2.52. The van der Waals surface area contributed by atoms with E-state index in [2.05, 4.69) is 25.8 Å². The monoisotopic (exact) mass is 214 g/mol. The van der Waals surface area contributed by atoms with Crippen molar-refractivity contribution in [3.63, 3.8) is 0 Å². The van der Waals surface area contributed by atoms with Gasteiger partial charge < -0.3 is 10.5 Å². The summed E-state index contributed by atoms with van der Waals surface area (Å²) in [7, 11) is 2.18. The van der Waals surface area contributed by atoms with Crippen LogP contribution in [-0.2, 0) is 4.74 Å². The Balaban J connectivity index is 2.51. The Morgan fingerprint density at radius 3 is 2.47 bits per heavy atom. The first kappa shape index (κ1) is 12.9. The number of nitrogens with two attached hydrogens (primary N) is 1. The van der Waals surface area contributed by atoms with Crippen molar-refractivity contribution in [2.24, 2.45) is 5.73 Å². The van der Waals surface area contributed by atoms with Crippen molar-refractivity contribution < 1.29 is 4.74 Å². The van der Waals surface area contributed by atoms with E-state index in [1.54, 1.807) is 0 Å². The summed E-state index contributed by atoms with van der Waals surface area (Å²) in [6, 6.07) is 0. The molecule has 1 unspecified atom stereocenters. The van der Waals surface area contributed by atoms with Crippen molar-refractivity contribution in [2.45, 2.75) is 51.2 Å². The molecule has 90 valence electrons. The van der Waals surface area contributed by atoms with E-state index in [0.717, 1.165) is 32.5 Å². The average molecular weight is 214 g/mol. The highest BCUT2D eigenvalue weighted by Gasteiger charge is 2.31. The highest BCUT2D eigenvalue weighted by Crippen LogP contribution is 2.23. The molecule has 1 saturated heterocycles. The summed E-state index contributed by atoms with van der Waals surface area (Å²) >= 11 is 0. The van der Waals surface area contributed by atoms with Gasteiger partial charge in [0.2, 0.25) is 0 Å². The van der Waals surface area contributed by atoms with Crippen LogP contribution in [0.25, 0.3) is 0 Å². The van der Waals surface area contributed by atoms with Crippen LogP contribution in [0.3, 0.4) is 0 Å². The number of ether oxygens (including phenoxy) is 1. The number of likely N-dealkylation sites (N-methyl/N-ethyl adjacent to an activating group) is 1. The first-order valence-electron chi connectivity index (χ1n) is 6.21. The summed E-state index contributed by atoms with van der Waals surface area (Å²) in [6.07, 6.45) is 5.08. The van der Waals surface area contributed by atoms with Crippen molar-refractivity contribution in [3.8, 4) is 0 Å². The van der Waals surface area contributed by atoms with Crippen molar-refractivity contribution >= 4 is 0 Å². The van der Waals surface area contributed by atoms with Gasteiger partial charge in [0.1, 0.15) is 0 Å². The van der Waals surface area contributed by atoms with Crippen LogP contribution in [-0.4, -0.2) is 43.3 Å². The lowest BCUT2D eigenvalue weighted by molar-refractivity contribution is 0.0334. The average Bonchev–Trinajstić information content (AvgIpc) is 2.74. The molecule has 0 aliphatic carbocycles. The van der Waals surface area contributed by atoms with E-state index in [-0.39, 0.29) is 5.54 Å². The summed E-state index contributed by atoms with van der Waals surface area (Å²) < 4.78 is 5.67. The number of hydrogen-bond acceptors (Lipinski definition) is 3. The lowest BCUT2D eigenvalue weighted by Crippen LogP contribution is -2.53. The maximum atomic E-state index is 5.92. The van der Waals surface area contributed by atoms with E-state index in [1.807, 2.05) is 0 Å². The molecule has 2 N–H and O–H groups in total. The van der Waals surface area contributed by atoms with Gasteiger partial charge in [-0.25, -0.2) is 0 Å². The third kappa shape index (κ3) is 2.92. The van der Waals surface area contributed by atoms with Crippen LogP contribution in [0, 0.1) is 0 Å². The van der Waals surface area contributed by atoms with Crippen molar-refractivity contribution in [1.29, 1.82) is 0 Å². The van der Waals surface area contributed by atoms with Crippen LogP contribution in [0.15, 0.2) is 0 Å². The molecule has 1 atom stereocenters. The third-order valence-electron chi connectivity index (χ3n) is 4.01. The minimum Gasteiger partial charge on any atom is -0.377 e. The lowest BCUT2D eigenvalue weighted by Gasteiger charge is -2.41. The summed E-state index contributed by atoms with van der Waals surface area (Å²) in [5, 5.41) is 0. The Bertz CT molecular complexity index is 166. The summed E-state index contributed by atoms with van der Waals surface area (Å²) in [5.41, 5.74) is 6.09. The van der Waals surface area contributed by atoms with Gasteiger partial charge in [-0.1, -0.05) is 13.8 Å². The summed E-state index contributed by atoms with van der Waals surface area (Å²) in [6.45, 7) is 7.15. The fourth-order valence-electron chi connectivity index (χ4n) is 2.52. The standard InChI is InChI=1S/C12H26N2O/c1-4-12(5-2,10-13)14(3)9-11-7-6-8-15-11/h11H,4-10,13H2,1-3H3. The van der Waals surface area contributed by atoms with Crippen molar-refractivity contribution in [3.05, 3.63) is 0 Å². The molecule has 0 bridgehead atoms. The van der Waals surface area contributed by atoms with E-state index in [4.69, 9.17) is 10.5 Å². The van der Waals surface area contributed by atoms with Crippen LogP contribution in [0.1, 0.15) is 39.5 Å². The van der Waals surface area contributed by atoms with Crippen LogP contribution in [0.4, 0.5) is 0 Å². The zero-order chi connectivity index (χ0) is 11.3. The maximum Gasteiger partial charge on any atom is 0.0702 e. The van der Waals surface area contributed by atoms with Gasteiger partial charge in [0, 0.05) is 25.2 Å². The van der Waals surface area contributed by atoms with Crippen LogP contribution >= 0.6 is 0 Å². The first-order chi connectivity index (χ1) is 7.18. The molecule has 0 radical (unpaired) electrons. The molecular formula is C12H26N2O. The Kier molecular flexibility index (Phi) is 5.03. The van der Waals surface area contributed by atoms with E-state index in [1.165, 1.54) is 12.8 Å². The topological polar surface area (TPSA) is 38.5 Å². The molecule has 0 aromatic rings. The second-order valence-corrected chi connectivity index (χ2v) is 4.65. The Labute approximate surface area is 94.0 Å². The molecule has 3 heteroatoms. The molecule has 0 spiro atoms. The molecule has 0 aromatic carbocycles. The highest BCUT2D eigenvalue weighted by atomic mass is 16.5. The van der Waals surface area contributed by atoms with Crippen molar-refractivity contribution in [2.75, 3.05) is 26.7 Å². The molecule has 1 rings (SSSR count). The Morgan fingerprint density at radius 1 is 1.40 bits per heavy atom. The predicted octanol–water partition coefficient (Wildman–Crippen LogP) is 1.61. The highest BCUT2D eigenvalue weighted by molar-refractivity contribution is 4.89. The van der Waals surface area contributed by atoms with E-state index >= 15 is 0 Å². The van der Waals surface area contributed by atoms with Crippen LogP contribution in [0.5, 0.6) is 0 Å². The van der Waals surface area contributed by atoms with Crippen molar-refractivity contribution in [1.82, 2.24) is 4.90 Å². The third-order valence-corrected chi connectivity index (χ3v) is 4.01. The molecule has 1 heterocycles. The molecule has 1 aliphatic heterocycles. The minimum absolute atomic E-state index is 0.173. The predicted molar refractivity (Wildman–Crippen MR) is 64.0 cm³/mol. The van der Waals surface area contributed by atoms with Gasteiger partial charge in [-0.05, 0) is 32.7 Å². The normalized spacial score (nSPS) is 22.6. The van der Waals surface area contributed by atoms with Crippen LogP contribution < -0.4 is 5.73 Å². The molecule has 1 fully saturated rings.